The summed E-state index contributed by atoms with van der Waals surface area (Å²) >= 11 is 3.45. The lowest BCUT2D eigenvalue weighted by Crippen LogP contribution is -2.33. The SMILES string of the molecule is Brc1ccc(CNCC2CCNCC2)cc1. The minimum atomic E-state index is 0.858. The average Bonchev–Trinajstić information content (AvgIpc) is 2.33. The molecule has 0 bridgehead atoms. The Morgan fingerprint density at radius 3 is 2.56 bits per heavy atom. The maximum Gasteiger partial charge on any atom is 0.0205 e. The molecule has 2 nitrogen and oxygen atoms in total. The van der Waals surface area contributed by atoms with Crippen LogP contribution in [-0.2, 0) is 6.54 Å². The first kappa shape index (κ1) is 12.1. The average molecular weight is 283 g/mol. The molecule has 0 unspecified atom stereocenters. The van der Waals surface area contributed by atoms with Crippen molar-refractivity contribution in [2.24, 2.45) is 5.92 Å². The molecule has 1 heterocycles. The highest BCUT2D eigenvalue weighted by molar-refractivity contribution is 9.10. The number of rotatable bonds is 4. The minimum absolute atomic E-state index is 0.858. The van der Waals surface area contributed by atoms with Crippen LogP contribution in [0.5, 0.6) is 0 Å². The molecule has 88 valence electrons. The first-order chi connectivity index (χ1) is 7.84. The van der Waals surface area contributed by atoms with Crippen LogP contribution in [0.4, 0.5) is 0 Å². The molecule has 3 heteroatoms. The van der Waals surface area contributed by atoms with Gasteiger partial charge in [0.25, 0.3) is 0 Å². The Morgan fingerprint density at radius 2 is 1.88 bits per heavy atom. The van der Waals surface area contributed by atoms with Crippen molar-refractivity contribution in [3.05, 3.63) is 34.3 Å². The van der Waals surface area contributed by atoms with E-state index in [2.05, 4.69) is 50.8 Å². The zero-order valence-electron chi connectivity index (χ0n) is 9.51. The highest BCUT2D eigenvalue weighted by atomic mass is 79.9. The predicted octanol–water partition coefficient (Wildman–Crippen LogP) is 2.54. The molecule has 16 heavy (non-hydrogen) atoms. The Morgan fingerprint density at radius 1 is 1.19 bits per heavy atom. The second-order valence-corrected chi connectivity index (χ2v) is 5.37. The summed E-state index contributed by atoms with van der Waals surface area (Å²) in [5.74, 6) is 0.858. The largest absolute Gasteiger partial charge is 0.317 e. The van der Waals surface area contributed by atoms with Crippen molar-refractivity contribution in [2.75, 3.05) is 19.6 Å². The van der Waals surface area contributed by atoms with Gasteiger partial charge in [-0.3, -0.25) is 0 Å². The Kier molecular flexibility index (Phi) is 4.82. The molecule has 0 aliphatic carbocycles. The summed E-state index contributed by atoms with van der Waals surface area (Å²) in [6.45, 7) is 4.50. The molecule has 1 saturated heterocycles. The molecule has 1 aromatic carbocycles. The van der Waals surface area contributed by atoms with Crippen molar-refractivity contribution in [1.29, 1.82) is 0 Å². The lowest BCUT2D eigenvalue weighted by molar-refractivity contribution is 0.356. The van der Waals surface area contributed by atoms with Crippen molar-refractivity contribution in [3.8, 4) is 0 Å². The first-order valence-electron chi connectivity index (χ1n) is 6.00. The van der Waals surface area contributed by atoms with Crippen LogP contribution in [0.1, 0.15) is 18.4 Å². The smallest absolute Gasteiger partial charge is 0.0205 e. The van der Waals surface area contributed by atoms with E-state index in [4.69, 9.17) is 0 Å². The summed E-state index contributed by atoms with van der Waals surface area (Å²) in [6.07, 6.45) is 2.63. The molecule has 0 aromatic heterocycles. The molecule has 2 rings (SSSR count). The quantitative estimate of drug-likeness (QED) is 0.887. The second kappa shape index (κ2) is 6.38. The summed E-state index contributed by atoms with van der Waals surface area (Å²) in [5, 5.41) is 6.94. The molecule has 1 fully saturated rings. The fourth-order valence-electron chi connectivity index (χ4n) is 2.11. The molecule has 0 radical (unpaired) electrons. The third kappa shape index (κ3) is 3.89. The van der Waals surface area contributed by atoms with Gasteiger partial charge in [-0.15, -0.1) is 0 Å². The number of hydrogen-bond donors (Lipinski definition) is 2. The van der Waals surface area contributed by atoms with Crippen LogP contribution in [0.25, 0.3) is 0 Å². The van der Waals surface area contributed by atoms with Crippen LogP contribution in [0.2, 0.25) is 0 Å². The van der Waals surface area contributed by atoms with Crippen LogP contribution < -0.4 is 10.6 Å². The molecule has 1 aliphatic rings. The first-order valence-corrected chi connectivity index (χ1v) is 6.80. The van der Waals surface area contributed by atoms with E-state index in [0.29, 0.717) is 0 Å². The van der Waals surface area contributed by atoms with E-state index in [9.17, 15) is 0 Å². The normalized spacial score (nSPS) is 17.6. The summed E-state index contributed by atoms with van der Waals surface area (Å²) in [7, 11) is 0. The van der Waals surface area contributed by atoms with E-state index in [1.807, 2.05) is 0 Å². The van der Waals surface area contributed by atoms with Crippen LogP contribution in [-0.4, -0.2) is 19.6 Å². The Balaban J connectivity index is 1.69. The van der Waals surface area contributed by atoms with Gasteiger partial charge in [-0.2, -0.15) is 0 Å². The molecular weight excluding hydrogens is 264 g/mol. The van der Waals surface area contributed by atoms with Crippen LogP contribution in [0.3, 0.4) is 0 Å². The maximum atomic E-state index is 3.55. The number of nitrogens with one attached hydrogen (secondary N) is 2. The predicted molar refractivity (Wildman–Crippen MR) is 71.4 cm³/mol. The molecule has 2 N–H and O–H groups in total. The second-order valence-electron chi connectivity index (χ2n) is 4.45. The lowest BCUT2D eigenvalue weighted by atomic mass is 9.98. The number of hydrogen-bond acceptors (Lipinski definition) is 2. The molecule has 1 aliphatic heterocycles. The van der Waals surface area contributed by atoms with Crippen molar-refractivity contribution >= 4 is 15.9 Å². The third-order valence-corrected chi connectivity index (χ3v) is 3.66. The highest BCUT2D eigenvalue weighted by Crippen LogP contribution is 2.12. The van der Waals surface area contributed by atoms with Gasteiger partial charge in [0.05, 0.1) is 0 Å². The van der Waals surface area contributed by atoms with Gasteiger partial charge in [0.1, 0.15) is 0 Å². The number of halogens is 1. The van der Waals surface area contributed by atoms with Gasteiger partial charge in [-0.25, -0.2) is 0 Å². The van der Waals surface area contributed by atoms with E-state index in [0.717, 1.165) is 23.5 Å². The van der Waals surface area contributed by atoms with Crippen molar-refractivity contribution < 1.29 is 0 Å². The monoisotopic (exact) mass is 282 g/mol. The van der Waals surface area contributed by atoms with E-state index in [1.54, 1.807) is 0 Å². The summed E-state index contributed by atoms with van der Waals surface area (Å²) in [5.41, 5.74) is 1.36. The van der Waals surface area contributed by atoms with Gasteiger partial charge >= 0.3 is 0 Å². The van der Waals surface area contributed by atoms with Gasteiger partial charge in [0.2, 0.25) is 0 Å². The summed E-state index contributed by atoms with van der Waals surface area (Å²) in [6, 6.07) is 8.53. The van der Waals surface area contributed by atoms with E-state index in [-0.39, 0.29) is 0 Å². The third-order valence-electron chi connectivity index (χ3n) is 3.13. The number of benzene rings is 1. The molecule has 0 spiro atoms. The van der Waals surface area contributed by atoms with E-state index < -0.39 is 0 Å². The van der Waals surface area contributed by atoms with Gasteiger partial charge in [-0.05, 0) is 56.1 Å². The van der Waals surface area contributed by atoms with E-state index >= 15 is 0 Å². The minimum Gasteiger partial charge on any atom is -0.317 e. The fourth-order valence-corrected chi connectivity index (χ4v) is 2.37. The summed E-state index contributed by atoms with van der Waals surface area (Å²) in [4.78, 5) is 0. The van der Waals surface area contributed by atoms with Crippen LogP contribution in [0.15, 0.2) is 28.7 Å². The highest BCUT2D eigenvalue weighted by Gasteiger charge is 2.11. The van der Waals surface area contributed by atoms with Gasteiger partial charge < -0.3 is 10.6 Å². The van der Waals surface area contributed by atoms with Gasteiger partial charge in [0.15, 0.2) is 0 Å². The van der Waals surface area contributed by atoms with Gasteiger partial charge in [0, 0.05) is 11.0 Å². The zero-order valence-corrected chi connectivity index (χ0v) is 11.1. The zero-order chi connectivity index (χ0) is 11.2. The standard InChI is InChI=1S/C13H19BrN2/c14-13-3-1-11(2-4-13)9-16-10-12-5-7-15-8-6-12/h1-4,12,15-16H,5-10H2. The lowest BCUT2D eigenvalue weighted by Gasteiger charge is -2.22. The van der Waals surface area contributed by atoms with Crippen molar-refractivity contribution in [1.82, 2.24) is 10.6 Å². The topological polar surface area (TPSA) is 24.1 Å². The van der Waals surface area contributed by atoms with E-state index in [1.165, 1.54) is 31.5 Å². The molecule has 0 saturated carbocycles. The molecule has 0 atom stereocenters. The van der Waals surface area contributed by atoms with Crippen molar-refractivity contribution in [3.63, 3.8) is 0 Å². The molecular formula is C13H19BrN2. The molecule has 1 aromatic rings. The Hall–Kier alpha value is -0.380. The Bertz CT molecular complexity index is 304. The fraction of sp³-hybridized carbons (Fsp3) is 0.538. The van der Waals surface area contributed by atoms with Gasteiger partial charge in [-0.1, -0.05) is 28.1 Å². The molecule has 0 amide bonds. The van der Waals surface area contributed by atoms with Crippen molar-refractivity contribution in [2.45, 2.75) is 19.4 Å². The van der Waals surface area contributed by atoms with Crippen LogP contribution >= 0.6 is 15.9 Å². The maximum absolute atomic E-state index is 3.55. The number of piperidine rings is 1. The summed E-state index contributed by atoms with van der Waals surface area (Å²) < 4.78 is 1.15. The van der Waals surface area contributed by atoms with Crippen LogP contribution in [0, 0.1) is 5.92 Å². The Labute approximate surface area is 106 Å².